The van der Waals surface area contributed by atoms with Crippen LogP contribution in [-0.2, 0) is 14.9 Å². The van der Waals surface area contributed by atoms with Gasteiger partial charge in [0, 0.05) is 0 Å². The van der Waals surface area contributed by atoms with Crippen LogP contribution in [0.25, 0.3) is 0 Å². The number of carbonyl (C=O) groups excluding carboxylic acids is 1. The summed E-state index contributed by atoms with van der Waals surface area (Å²) in [5, 5.41) is 23.3. The molecule has 7 nitrogen and oxygen atoms in total. The van der Waals surface area contributed by atoms with E-state index >= 15 is 0 Å². The number of rotatable bonds is 36. The van der Waals surface area contributed by atoms with Crippen LogP contribution in [0, 0.1) is 0 Å². The third kappa shape index (κ3) is 34.7. The van der Waals surface area contributed by atoms with Crippen LogP contribution >= 0.6 is 0 Å². The number of nitrogens with one attached hydrogen (secondary N) is 1. The topological polar surface area (TPSA) is 124 Å². The van der Waals surface area contributed by atoms with Crippen LogP contribution in [0.4, 0.5) is 0 Å². The molecule has 49 heavy (non-hydrogen) atoms. The molecule has 0 aliphatic rings. The number of carbonyl (C=O) groups is 1. The minimum atomic E-state index is -4.45. The normalized spacial score (nSPS) is 14.3. The van der Waals surface area contributed by atoms with Crippen LogP contribution < -0.4 is 5.32 Å². The van der Waals surface area contributed by atoms with Crippen LogP contribution in [0.5, 0.6) is 0 Å². The highest BCUT2D eigenvalue weighted by molar-refractivity contribution is 7.85. The first kappa shape index (κ1) is 47.5. The van der Waals surface area contributed by atoms with E-state index in [9.17, 15) is 28.0 Å². The Bertz CT molecular complexity index is 932. The van der Waals surface area contributed by atoms with E-state index in [4.69, 9.17) is 0 Å². The van der Waals surface area contributed by atoms with Gasteiger partial charge in [-0.1, -0.05) is 172 Å². The highest BCUT2D eigenvalue weighted by Gasteiger charge is 2.27. The van der Waals surface area contributed by atoms with E-state index < -0.39 is 40.0 Å². The van der Waals surface area contributed by atoms with Gasteiger partial charge < -0.3 is 15.5 Å². The second kappa shape index (κ2) is 34.9. The summed E-state index contributed by atoms with van der Waals surface area (Å²) in [5.41, 5.74) is 0. The lowest BCUT2D eigenvalue weighted by Gasteiger charge is -2.22. The summed E-state index contributed by atoms with van der Waals surface area (Å²) in [4.78, 5) is 12.6. The standard InChI is InChI=1S/C41H77NO6S/c1-3-5-7-9-11-13-15-17-18-19-20-21-22-23-24-26-28-30-32-34-36-40(44)41(45)42-38(37-49(46,47)48)39(43)35-33-31-29-27-25-16-14-12-10-8-6-4-2/h21-22,25,27,33,35,38-40,43-44H,3-20,23-24,26,28-32,34,36-37H2,1-2H3,(H,42,45)(H,46,47,48)/b22-21-,27-25+,35-33+. The van der Waals surface area contributed by atoms with E-state index in [1.54, 1.807) is 6.08 Å². The summed E-state index contributed by atoms with van der Waals surface area (Å²) in [6.45, 7) is 4.48. The van der Waals surface area contributed by atoms with Crippen molar-refractivity contribution in [3.05, 3.63) is 36.5 Å². The number of hydrogen-bond acceptors (Lipinski definition) is 5. The van der Waals surface area contributed by atoms with Crippen molar-refractivity contribution in [1.29, 1.82) is 0 Å². The molecule has 4 N–H and O–H groups in total. The summed E-state index contributed by atoms with van der Waals surface area (Å²) < 4.78 is 32.4. The number of allylic oxidation sites excluding steroid dienone is 5. The predicted octanol–water partition coefficient (Wildman–Crippen LogP) is 10.7. The Balaban J connectivity index is 4.04. The van der Waals surface area contributed by atoms with E-state index in [-0.39, 0.29) is 6.42 Å². The van der Waals surface area contributed by atoms with Gasteiger partial charge in [-0.05, 0) is 57.8 Å². The molecule has 0 fully saturated rings. The second-order valence-electron chi connectivity index (χ2n) is 14.0. The molecule has 0 bridgehead atoms. The molecule has 3 atom stereocenters. The van der Waals surface area contributed by atoms with Gasteiger partial charge in [-0.15, -0.1) is 0 Å². The molecule has 3 unspecified atom stereocenters. The first-order chi connectivity index (χ1) is 23.7. The van der Waals surface area contributed by atoms with Crippen LogP contribution in [0.1, 0.15) is 194 Å². The zero-order valence-electron chi connectivity index (χ0n) is 31.7. The van der Waals surface area contributed by atoms with Gasteiger partial charge in [0.15, 0.2) is 0 Å². The van der Waals surface area contributed by atoms with Crippen molar-refractivity contribution in [3.63, 3.8) is 0 Å². The Labute approximate surface area is 302 Å². The van der Waals surface area contributed by atoms with Crippen molar-refractivity contribution < 1.29 is 28.0 Å². The van der Waals surface area contributed by atoms with Crippen molar-refractivity contribution in [1.82, 2.24) is 5.32 Å². The highest BCUT2D eigenvalue weighted by atomic mass is 32.2. The lowest BCUT2D eigenvalue weighted by molar-refractivity contribution is -0.130. The maximum Gasteiger partial charge on any atom is 0.267 e. The minimum Gasteiger partial charge on any atom is -0.387 e. The Morgan fingerprint density at radius 1 is 0.551 bits per heavy atom. The van der Waals surface area contributed by atoms with Gasteiger partial charge in [-0.25, -0.2) is 0 Å². The molecule has 0 spiro atoms. The van der Waals surface area contributed by atoms with Crippen molar-refractivity contribution in [3.8, 4) is 0 Å². The molecule has 0 saturated heterocycles. The summed E-state index contributed by atoms with van der Waals surface area (Å²) >= 11 is 0. The van der Waals surface area contributed by atoms with E-state index in [1.807, 2.05) is 0 Å². The van der Waals surface area contributed by atoms with Gasteiger partial charge in [-0.2, -0.15) is 8.42 Å². The molecule has 1 amide bonds. The van der Waals surface area contributed by atoms with E-state index in [0.717, 1.165) is 38.5 Å². The fourth-order valence-electron chi connectivity index (χ4n) is 6.00. The number of hydrogen-bond donors (Lipinski definition) is 4. The van der Waals surface area contributed by atoms with Gasteiger partial charge in [0.25, 0.3) is 10.1 Å². The Morgan fingerprint density at radius 3 is 1.35 bits per heavy atom. The summed E-state index contributed by atoms with van der Waals surface area (Å²) in [6, 6.07) is -1.25. The second-order valence-corrected chi connectivity index (χ2v) is 15.5. The number of aliphatic hydroxyl groups excluding tert-OH is 2. The molecule has 0 aromatic heterocycles. The summed E-state index contributed by atoms with van der Waals surface area (Å²) in [7, 11) is -4.45. The smallest absolute Gasteiger partial charge is 0.267 e. The van der Waals surface area contributed by atoms with Gasteiger partial charge in [0.1, 0.15) is 6.10 Å². The molecule has 0 aromatic rings. The van der Waals surface area contributed by atoms with Crippen LogP contribution in [0.3, 0.4) is 0 Å². The maximum atomic E-state index is 12.6. The lowest BCUT2D eigenvalue weighted by Crippen LogP contribution is -2.50. The highest BCUT2D eigenvalue weighted by Crippen LogP contribution is 2.14. The van der Waals surface area contributed by atoms with Crippen LogP contribution in [0.2, 0.25) is 0 Å². The summed E-state index contributed by atoms with van der Waals surface area (Å²) in [5.74, 6) is -1.56. The third-order valence-corrected chi connectivity index (χ3v) is 9.93. The monoisotopic (exact) mass is 712 g/mol. The Morgan fingerprint density at radius 2 is 0.918 bits per heavy atom. The largest absolute Gasteiger partial charge is 0.387 e. The molecule has 8 heteroatoms. The molecule has 0 rings (SSSR count). The molecular weight excluding hydrogens is 635 g/mol. The SMILES string of the molecule is CCCCCCCC/C=C/CC/C=C/C(O)C(CS(=O)(=O)O)NC(=O)C(O)CCCCCCCC/C=C\CCCCCCCCCCCC. The number of amides is 1. The van der Waals surface area contributed by atoms with Crippen molar-refractivity contribution >= 4 is 16.0 Å². The van der Waals surface area contributed by atoms with Gasteiger partial charge in [-0.3, -0.25) is 9.35 Å². The molecule has 0 heterocycles. The first-order valence-corrected chi connectivity index (χ1v) is 21.9. The number of unbranched alkanes of at least 4 members (excludes halogenated alkanes) is 23. The number of aliphatic hydroxyl groups is 2. The minimum absolute atomic E-state index is 0.267. The average molecular weight is 712 g/mol. The van der Waals surface area contributed by atoms with Crippen LogP contribution in [0.15, 0.2) is 36.5 Å². The zero-order chi connectivity index (χ0) is 36.3. The predicted molar refractivity (Wildman–Crippen MR) is 208 cm³/mol. The maximum absolute atomic E-state index is 12.6. The average Bonchev–Trinajstić information content (AvgIpc) is 3.06. The molecule has 0 radical (unpaired) electrons. The molecule has 0 aliphatic carbocycles. The fourth-order valence-corrected chi connectivity index (χ4v) is 6.73. The quantitative estimate of drug-likeness (QED) is 0.0291. The molecule has 288 valence electrons. The van der Waals surface area contributed by atoms with Crippen LogP contribution in [-0.4, -0.2) is 53.1 Å². The Kier molecular flexibility index (Phi) is 33.9. The van der Waals surface area contributed by atoms with E-state index in [2.05, 4.69) is 43.5 Å². The molecular formula is C41H77NO6S. The van der Waals surface area contributed by atoms with Gasteiger partial charge in [0.2, 0.25) is 5.91 Å². The third-order valence-electron chi connectivity index (χ3n) is 9.15. The molecule has 0 aromatic carbocycles. The van der Waals surface area contributed by atoms with E-state index in [0.29, 0.717) is 12.8 Å². The first-order valence-electron chi connectivity index (χ1n) is 20.3. The lowest BCUT2D eigenvalue weighted by atomic mass is 10.0. The van der Waals surface area contributed by atoms with Gasteiger partial charge in [0.05, 0.1) is 17.9 Å². The Hall–Kier alpha value is -1.48. The van der Waals surface area contributed by atoms with Crippen molar-refractivity contribution in [2.45, 2.75) is 212 Å². The molecule has 0 saturated carbocycles. The fraction of sp³-hybridized carbons (Fsp3) is 0.829. The van der Waals surface area contributed by atoms with Gasteiger partial charge >= 0.3 is 0 Å². The zero-order valence-corrected chi connectivity index (χ0v) is 32.5. The summed E-state index contributed by atoms with van der Waals surface area (Å²) in [6.07, 6.45) is 42.1. The van der Waals surface area contributed by atoms with E-state index in [1.165, 1.54) is 128 Å². The van der Waals surface area contributed by atoms with Crippen molar-refractivity contribution in [2.75, 3.05) is 5.75 Å². The van der Waals surface area contributed by atoms with Crippen molar-refractivity contribution in [2.24, 2.45) is 0 Å². The molecule has 0 aliphatic heterocycles.